The molecule has 1 aromatic heterocycles. The Morgan fingerprint density at radius 1 is 0.966 bits per heavy atom. The average molecular weight is 401 g/mol. The van der Waals surface area contributed by atoms with Crippen LogP contribution in [0.4, 0.5) is 0 Å². The second-order valence-corrected chi connectivity index (χ2v) is 7.99. The van der Waals surface area contributed by atoms with Gasteiger partial charge in [0.2, 0.25) is 5.16 Å². The van der Waals surface area contributed by atoms with E-state index in [2.05, 4.69) is 59.6 Å². The van der Waals surface area contributed by atoms with Gasteiger partial charge in [0.05, 0.1) is 12.8 Å². The summed E-state index contributed by atoms with van der Waals surface area (Å²) in [5.41, 5.74) is 3.37. The van der Waals surface area contributed by atoms with E-state index >= 15 is 0 Å². The Morgan fingerprint density at radius 3 is 2.59 bits per heavy atom. The number of fused-ring (bicyclic) bond motifs is 2. The molecule has 0 saturated carbocycles. The molecule has 0 spiro atoms. The summed E-state index contributed by atoms with van der Waals surface area (Å²) in [6.07, 6.45) is 0. The van der Waals surface area contributed by atoms with Crippen LogP contribution < -0.4 is 4.74 Å². The highest BCUT2D eigenvalue weighted by Crippen LogP contribution is 2.31. The fourth-order valence-corrected chi connectivity index (χ4v) is 4.42. The molecule has 5 rings (SSSR count). The predicted octanol–water partition coefficient (Wildman–Crippen LogP) is 4.95. The number of rotatable bonds is 4. The highest BCUT2D eigenvalue weighted by molar-refractivity contribution is 7.99. The van der Waals surface area contributed by atoms with Crippen molar-refractivity contribution in [3.05, 3.63) is 83.7 Å². The number of methoxy groups -OCH3 is 1. The van der Waals surface area contributed by atoms with Gasteiger partial charge in [-0.3, -0.25) is 0 Å². The van der Waals surface area contributed by atoms with Crippen LogP contribution in [-0.2, 0) is 0 Å². The summed E-state index contributed by atoms with van der Waals surface area (Å²) in [5, 5.41) is 16.9. The summed E-state index contributed by atoms with van der Waals surface area (Å²) < 4.78 is 7.23. The Hall–Kier alpha value is -3.12. The maximum atomic E-state index is 5.33. The highest BCUT2D eigenvalue weighted by atomic mass is 32.2. The van der Waals surface area contributed by atoms with Crippen molar-refractivity contribution in [1.82, 2.24) is 14.9 Å². The molecule has 6 heteroatoms. The third-order valence-electron chi connectivity index (χ3n) is 5.26. The van der Waals surface area contributed by atoms with Gasteiger partial charge in [-0.1, -0.05) is 73.3 Å². The molecule has 5 nitrogen and oxygen atoms in total. The third-order valence-corrected chi connectivity index (χ3v) is 6.19. The van der Waals surface area contributed by atoms with Gasteiger partial charge in [-0.15, -0.1) is 10.2 Å². The molecule has 1 atom stereocenters. The van der Waals surface area contributed by atoms with Crippen molar-refractivity contribution in [3.8, 4) is 5.75 Å². The minimum atomic E-state index is 0.0715. The SMILES string of the molecule is COc1ccc2cc(C(C)c3nnc4n3N=C(c3ccccc3)CS4)ccc2c1. The zero-order valence-corrected chi connectivity index (χ0v) is 17.1. The van der Waals surface area contributed by atoms with Crippen LogP contribution in [0.3, 0.4) is 0 Å². The van der Waals surface area contributed by atoms with Gasteiger partial charge in [0.25, 0.3) is 0 Å². The van der Waals surface area contributed by atoms with Gasteiger partial charge in [-0.05, 0) is 34.0 Å². The average Bonchev–Trinajstić information content (AvgIpc) is 3.21. The van der Waals surface area contributed by atoms with Crippen LogP contribution in [0.2, 0.25) is 0 Å². The van der Waals surface area contributed by atoms with Crippen LogP contribution in [0.1, 0.15) is 29.8 Å². The molecule has 0 saturated heterocycles. The van der Waals surface area contributed by atoms with E-state index < -0.39 is 0 Å². The number of hydrogen-bond donors (Lipinski definition) is 0. The van der Waals surface area contributed by atoms with Gasteiger partial charge in [-0.2, -0.15) is 9.78 Å². The van der Waals surface area contributed by atoms with E-state index in [1.165, 1.54) is 10.9 Å². The van der Waals surface area contributed by atoms with Crippen LogP contribution >= 0.6 is 11.8 Å². The lowest BCUT2D eigenvalue weighted by Gasteiger charge is -2.17. The molecule has 144 valence electrons. The van der Waals surface area contributed by atoms with Gasteiger partial charge < -0.3 is 4.74 Å². The largest absolute Gasteiger partial charge is 0.497 e. The topological polar surface area (TPSA) is 52.3 Å². The minimum Gasteiger partial charge on any atom is -0.497 e. The first-order valence-electron chi connectivity index (χ1n) is 9.52. The molecular formula is C23H20N4OS. The quantitative estimate of drug-likeness (QED) is 0.486. The molecule has 0 radical (unpaired) electrons. The maximum absolute atomic E-state index is 5.33. The molecule has 0 N–H and O–H groups in total. The molecule has 29 heavy (non-hydrogen) atoms. The number of hydrogen-bond acceptors (Lipinski definition) is 5. The number of aromatic nitrogens is 3. The third kappa shape index (κ3) is 3.29. The Kier molecular flexibility index (Phi) is 4.56. The standard InChI is InChI=1S/C23H20N4OS/c1-15(17-8-9-19-13-20(28-2)11-10-18(19)12-17)22-24-25-23-27(22)26-21(14-29-23)16-6-4-3-5-7-16/h3-13,15H,14H2,1-2H3. The van der Waals surface area contributed by atoms with E-state index in [-0.39, 0.29) is 5.92 Å². The van der Waals surface area contributed by atoms with E-state index in [0.29, 0.717) is 0 Å². The van der Waals surface area contributed by atoms with Crippen molar-refractivity contribution in [2.45, 2.75) is 18.0 Å². The highest BCUT2D eigenvalue weighted by Gasteiger charge is 2.24. The maximum Gasteiger partial charge on any atom is 0.212 e. The van der Waals surface area contributed by atoms with Crippen LogP contribution in [0.5, 0.6) is 5.75 Å². The summed E-state index contributed by atoms with van der Waals surface area (Å²) in [7, 11) is 1.69. The first kappa shape index (κ1) is 17.9. The van der Waals surface area contributed by atoms with Crippen LogP contribution in [0.15, 0.2) is 77.0 Å². The van der Waals surface area contributed by atoms with Crippen LogP contribution in [0.25, 0.3) is 10.8 Å². The second kappa shape index (κ2) is 7.37. The first-order chi connectivity index (χ1) is 14.2. The molecular weight excluding hydrogens is 380 g/mol. The van der Waals surface area contributed by atoms with E-state index in [1.54, 1.807) is 18.9 Å². The predicted molar refractivity (Wildman–Crippen MR) is 117 cm³/mol. The summed E-state index contributed by atoms with van der Waals surface area (Å²) in [4.78, 5) is 0. The lowest BCUT2D eigenvalue weighted by atomic mass is 9.97. The van der Waals surface area contributed by atoms with E-state index in [1.807, 2.05) is 28.9 Å². The fraction of sp³-hybridized carbons (Fsp3) is 0.174. The summed E-state index contributed by atoms with van der Waals surface area (Å²) in [5.74, 6) is 2.59. The number of nitrogens with zero attached hydrogens (tertiary/aromatic N) is 4. The lowest BCUT2D eigenvalue weighted by molar-refractivity contribution is 0.415. The van der Waals surface area contributed by atoms with E-state index in [9.17, 15) is 0 Å². The summed E-state index contributed by atoms with van der Waals surface area (Å²) in [6.45, 7) is 2.15. The van der Waals surface area contributed by atoms with E-state index in [4.69, 9.17) is 9.84 Å². The fourth-order valence-electron chi connectivity index (χ4n) is 3.57. The van der Waals surface area contributed by atoms with Crippen molar-refractivity contribution >= 4 is 28.2 Å². The van der Waals surface area contributed by atoms with Crippen molar-refractivity contribution in [1.29, 1.82) is 0 Å². The van der Waals surface area contributed by atoms with Gasteiger partial charge in [-0.25, -0.2) is 0 Å². The van der Waals surface area contributed by atoms with Gasteiger partial charge in [0.1, 0.15) is 5.75 Å². The summed E-state index contributed by atoms with van der Waals surface area (Å²) in [6, 6.07) is 22.9. The first-order valence-corrected chi connectivity index (χ1v) is 10.5. The van der Waals surface area contributed by atoms with Gasteiger partial charge >= 0.3 is 0 Å². The zero-order chi connectivity index (χ0) is 19.8. The van der Waals surface area contributed by atoms with E-state index in [0.717, 1.165) is 39.1 Å². The van der Waals surface area contributed by atoms with Crippen molar-refractivity contribution in [3.63, 3.8) is 0 Å². The normalized spacial score (nSPS) is 14.3. The molecule has 4 aromatic rings. The number of ether oxygens (including phenoxy) is 1. The van der Waals surface area contributed by atoms with Crippen molar-refractivity contribution < 1.29 is 4.74 Å². The molecule has 1 aliphatic heterocycles. The molecule has 0 fully saturated rings. The Morgan fingerprint density at radius 2 is 1.76 bits per heavy atom. The molecule has 0 aliphatic carbocycles. The smallest absolute Gasteiger partial charge is 0.212 e. The van der Waals surface area contributed by atoms with Crippen molar-refractivity contribution in [2.75, 3.05) is 12.9 Å². The number of benzene rings is 3. The van der Waals surface area contributed by atoms with Gasteiger partial charge in [0.15, 0.2) is 5.82 Å². The summed E-state index contributed by atoms with van der Waals surface area (Å²) >= 11 is 1.68. The Bertz CT molecular complexity index is 1220. The molecule has 0 amide bonds. The minimum absolute atomic E-state index is 0.0715. The monoisotopic (exact) mass is 400 g/mol. The van der Waals surface area contributed by atoms with Crippen molar-refractivity contribution in [2.24, 2.45) is 5.10 Å². The van der Waals surface area contributed by atoms with Crippen LogP contribution in [-0.4, -0.2) is 33.4 Å². The molecule has 2 heterocycles. The van der Waals surface area contributed by atoms with Crippen LogP contribution in [0, 0.1) is 0 Å². The lowest BCUT2D eigenvalue weighted by Crippen LogP contribution is -2.15. The molecule has 3 aromatic carbocycles. The molecule has 1 aliphatic rings. The molecule has 0 bridgehead atoms. The van der Waals surface area contributed by atoms with Gasteiger partial charge in [0, 0.05) is 11.7 Å². The molecule has 1 unspecified atom stereocenters. The zero-order valence-electron chi connectivity index (χ0n) is 16.2. The second-order valence-electron chi connectivity index (χ2n) is 7.05. The Labute approximate surface area is 173 Å². The Balaban J connectivity index is 1.52. The number of thioether (sulfide) groups is 1.